The van der Waals surface area contributed by atoms with Gasteiger partial charge in [-0.25, -0.2) is 0 Å². The van der Waals surface area contributed by atoms with Crippen LogP contribution in [0.15, 0.2) is 12.2 Å². The average Bonchev–Trinajstić information content (AvgIpc) is 1.80. The molecule has 0 radical (unpaired) electrons. The summed E-state index contributed by atoms with van der Waals surface area (Å²) in [4.78, 5) is 21.6. The van der Waals surface area contributed by atoms with Crippen LogP contribution in [0.25, 0.3) is 0 Å². The van der Waals surface area contributed by atoms with Crippen molar-refractivity contribution in [2.75, 3.05) is 0 Å². The molecule has 0 aromatic carbocycles. The second-order valence-corrected chi connectivity index (χ2v) is 3.57. The molecule has 1 aliphatic carbocycles. The SMILES string of the molecule is CC(C)[C@]1(C(=O)O)C=C[C@H]1C(=O)O. The van der Waals surface area contributed by atoms with Crippen LogP contribution in [0.1, 0.15) is 13.8 Å². The Labute approximate surface area is 75.9 Å². The normalized spacial score (nSPS) is 31.5. The number of rotatable bonds is 3. The summed E-state index contributed by atoms with van der Waals surface area (Å²) in [6.45, 7) is 3.43. The lowest BCUT2D eigenvalue weighted by Crippen LogP contribution is -2.49. The predicted molar refractivity (Wildman–Crippen MR) is 45.2 cm³/mol. The van der Waals surface area contributed by atoms with Crippen LogP contribution in [0.2, 0.25) is 0 Å². The van der Waals surface area contributed by atoms with E-state index in [1.165, 1.54) is 12.2 Å². The van der Waals surface area contributed by atoms with Crippen LogP contribution in [0.4, 0.5) is 0 Å². The first kappa shape index (κ1) is 9.77. The quantitative estimate of drug-likeness (QED) is 0.641. The van der Waals surface area contributed by atoms with Crippen molar-refractivity contribution in [1.82, 2.24) is 0 Å². The molecule has 0 heterocycles. The van der Waals surface area contributed by atoms with E-state index in [9.17, 15) is 9.59 Å². The van der Waals surface area contributed by atoms with Gasteiger partial charge in [0.15, 0.2) is 0 Å². The van der Waals surface area contributed by atoms with E-state index in [1.807, 2.05) is 0 Å². The fraction of sp³-hybridized carbons (Fsp3) is 0.556. The Morgan fingerprint density at radius 1 is 1.38 bits per heavy atom. The highest BCUT2D eigenvalue weighted by atomic mass is 16.4. The first-order chi connectivity index (χ1) is 5.93. The van der Waals surface area contributed by atoms with E-state index in [4.69, 9.17) is 10.2 Å². The molecule has 0 saturated heterocycles. The molecule has 0 aromatic heterocycles. The molecule has 0 unspecified atom stereocenters. The van der Waals surface area contributed by atoms with Crippen LogP contribution in [0.3, 0.4) is 0 Å². The Bertz CT molecular complexity index is 279. The molecule has 0 fully saturated rings. The summed E-state index contributed by atoms with van der Waals surface area (Å²) in [6, 6.07) is 0. The Morgan fingerprint density at radius 3 is 2.00 bits per heavy atom. The van der Waals surface area contributed by atoms with Crippen molar-refractivity contribution >= 4 is 11.9 Å². The van der Waals surface area contributed by atoms with E-state index in [-0.39, 0.29) is 5.92 Å². The standard InChI is InChI=1S/C9H12O4/c1-5(2)9(8(12)13)4-3-6(9)7(10)11/h3-6H,1-2H3,(H,10,11)(H,12,13)/t6-,9+/m0/s1. The lowest BCUT2D eigenvalue weighted by Gasteiger charge is -2.40. The Balaban J connectivity index is 3.03. The summed E-state index contributed by atoms with van der Waals surface area (Å²) >= 11 is 0. The van der Waals surface area contributed by atoms with Crippen molar-refractivity contribution in [2.45, 2.75) is 13.8 Å². The molecule has 2 atom stereocenters. The fourth-order valence-electron chi connectivity index (χ4n) is 1.69. The predicted octanol–water partition coefficient (Wildman–Crippen LogP) is 0.984. The summed E-state index contributed by atoms with van der Waals surface area (Å²) in [6.07, 6.45) is 2.90. The topological polar surface area (TPSA) is 74.6 Å². The first-order valence-electron chi connectivity index (χ1n) is 4.08. The van der Waals surface area contributed by atoms with Crippen LogP contribution in [-0.4, -0.2) is 22.2 Å². The monoisotopic (exact) mass is 184 g/mol. The number of carboxylic acid groups (broad SMARTS) is 2. The molecule has 72 valence electrons. The van der Waals surface area contributed by atoms with Gasteiger partial charge < -0.3 is 10.2 Å². The third-order valence-electron chi connectivity index (χ3n) is 2.67. The number of hydrogen-bond donors (Lipinski definition) is 2. The Kier molecular flexibility index (Phi) is 2.15. The molecule has 0 bridgehead atoms. The summed E-state index contributed by atoms with van der Waals surface area (Å²) in [5.41, 5.74) is -1.20. The molecule has 1 rings (SSSR count). The molecule has 1 aliphatic rings. The minimum Gasteiger partial charge on any atom is -0.481 e. The Morgan fingerprint density at radius 2 is 1.92 bits per heavy atom. The lowest BCUT2D eigenvalue weighted by molar-refractivity contribution is -0.161. The van der Waals surface area contributed by atoms with Gasteiger partial charge in [-0.3, -0.25) is 9.59 Å². The molecule has 13 heavy (non-hydrogen) atoms. The zero-order valence-corrected chi connectivity index (χ0v) is 7.52. The summed E-state index contributed by atoms with van der Waals surface area (Å²) < 4.78 is 0. The average molecular weight is 184 g/mol. The molecule has 0 saturated carbocycles. The first-order valence-corrected chi connectivity index (χ1v) is 4.08. The number of carbonyl (C=O) groups is 2. The van der Waals surface area contributed by atoms with Gasteiger partial charge in [-0.1, -0.05) is 26.0 Å². The van der Waals surface area contributed by atoms with E-state index >= 15 is 0 Å². The fourth-order valence-corrected chi connectivity index (χ4v) is 1.69. The molecule has 4 nitrogen and oxygen atoms in total. The van der Waals surface area contributed by atoms with E-state index < -0.39 is 23.3 Å². The molecular formula is C9H12O4. The second kappa shape index (κ2) is 2.87. The highest BCUT2D eigenvalue weighted by Crippen LogP contribution is 2.46. The van der Waals surface area contributed by atoms with Gasteiger partial charge in [0.2, 0.25) is 0 Å². The van der Waals surface area contributed by atoms with Gasteiger partial charge >= 0.3 is 11.9 Å². The van der Waals surface area contributed by atoms with Gasteiger partial charge in [0, 0.05) is 0 Å². The van der Waals surface area contributed by atoms with E-state index in [1.54, 1.807) is 13.8 Å². The third-order valence-corrected chi connectivity index (χ3v) is 2.67. The second-order valence-electron chi connectivity index (χ2n) is 3.57. The summed E-state index contributed by atoms with van der Waals surface area (Å²) in [5, 5.41) is 17.7. The van der Waals surface area contributed by atoms with Crippen molar-refractivity contribution < 1.29 is 19.8 Å². The summed E-state index contributed by atoms with van der Waals surface area (Å²) in [5.74, 6) is -3.22. The van der Waals surface area contributed by atoms with E-state index in [0.29, 0.717) is 0 Å². The van der Waals surface area contributed by atoms with E-state index in [2.05, 4.69) is 0 Å². The van der Waals surface area contributed by atoms with Gasteiger partial charge in [0.1, 0.15) is 5.41 Å². The van der Waals surface area contributed by atoms with Crippen LogP contribution >= 0.6 is 0 Å². The van der Waals surface area contributed by atoms with Crippen LogP contribution in [0.5, 0.6) is 0 Å². The van der Waals surface area contributed by atoms with E-state index in [0.717, 1.165) is 0 Å². The van der Waals surface area contributed by atoms with Crippen LogP contribution in [-0.2, 0) is 9.59 Å². The minimum atomic E-state index is -1.20. The van der Waals surface area contributed by atoms with Crippen molar-refractivity contribution in [3.05, 3.63) is 12.2 Å². The number of hydrogen-bond acceptors (Lipinski definition) is 2. The van der Waals surface area contributed by atoms with Crippen LogP contribution < -0.4 is 0 Å². The minimum absolute atomic E-state index is 0.212. The maximum Gasteiger partial charge on any atom is 0.314 e. The van der Waals surface area contributed by atoms with Crippen molar-refractivity contribution in [1.29, 1.82) is 0 Å². The zero-order chi connectivity index (χ0) is 10.2. The Hall–Kier alpha value is -1.32. The van der Waals surface area contributed by atoms with Crippen molar-refractivity contribution in [2.24, 2.45) is 17.3 Å². The smallest absolute Gasteiger partial charge is 0.314 e. The van der Waals surface area contributed by atoms with Crippen molar-refractivity contribution in [3.63, 3.8) is 0 Å². The molecule has 2 N–H and O–H groups in total. The largest absolute Gasteiger partial charge is 0.481 e. The van der Waals surface area contributed by atoms with Gasteiger partial charge in [-0.2, -0.15) is 0 Å². The highest BCUT2D eigenvalue weighted by molar-refractivity contribution is 5.89. The van der Waals surface area contributed by atoms with Crippen LogP contribution in [0, 0.1) is 17.3 Å². The molecule has 4 heteroatoms. The molecule has 0 amide bonds. The molecule has 0 aliphatic heterocycles. The third kappa shape index (κ3) is 1.13. The number of carboxylic acids is 2. The van der Waals surface area contributed by atoms with Crippen molar-refractivity contribution in [3.8, 4) is 0 Å². The van der Waals surface area contributed by atoms with Gasteiger partial charge in [0.05, 0.1) is 5.92 Å². The molecule has 0 aromatic rings. The van der Waals surface area contributed by atoms with Gasteiger partial charge in [-0.15, -0.1) is 0 Å². The summed E-state index contributed by atoms with van der Waals surface area (Å²) in [7, 11) is 0. The maximum atomic E-state index is 10.9. The lowest BCUT2D eigenvalue weighted by atomic mass is 9.60. The van der Waals surface area contributed by atoms with Gasteiger partial charge in [-0.05, 0) is 5.92 Å². The zero-order valence-electron chi connectivity index (χ0n) is 7.52. The molecule has 0 spiro atoms. The molecular weight excluding hydrogens is 172 g/mol. The number of aliphatic carboxylic acids is 2. The highest BCUT2D eigenvalue weighted by Gasteiger charge is 2.54. The maximum absolute atomic E-state index is 10.9. The van der Waals surface area contributed by atoms with Gasteiger partial charge in [0.25, 0.3) is 0 Å².